The molecule has 1 aromatic rings. The van der Waals surface area contributed by atoms with Gasteiger partial charge in [0.15, 0.2) is 0 Å². The van der Waals surface area contributed by atoms with Crippen molar-refractivity contribution in [2.24, 2.45) is 0 Å². The molecule has 6 nitrogen and oxygen atoms in total. The zero-order valence-corrected chi connectivity index (χ0v) is 13.7. The van der Waals surface area contributed by atoms with Crippen LogP contribution in [0.1, 0.15) is 26.2 Å². The average Bonchev–Trinajstić information content (AvgIpc) is 2.54. The van der Waals surface area contributed by atoms with Crippen LogP contribution in [-0.2, 0) is 9.59 Å². The Morgan fingerprint density at radius 1 is 1.26 bits per heavy atom. The van der Waals surface area contributed by atoms with E-state index in [0.717, 1.165) is 25.8 Å². The number of carboxylic acid groups (broad SMARTS) is 1. The smallest absolute Gasteiger partial charge is 0.323 e. The van der Waals surface area contributed by atoms with Gasteiger partial charge in [0.05, 0.1) is 13.7 Å². The minimum atomic E-state index is -0.958. The molecule has 126 valence electrons. The normalized spacial score (nSPS) is 17.7. The van der Waals surface area contributed by atoms with Crippen molar-refractivity contribution in [2.45, 2.75) is 32.2 Å². The van der Waals surface area contributed by atoms with E-state index in [2.05, 4.69) is 0 Å². The first-order chi connectivity index (χ1) is 11.0. The van der Waals surface area contributed by atoms with Gasteiger partial charge in [-0.05, 0) is 50.5 Å². The second-order valence-corrected chi connectivity index (χ2v) is 5.88. The molecule has 0 radical (unpaired) electrons. The molecule has 0 aliphatic carbocycles. The number of hydrogen-bond donors (Lipinski definition) is 1. The number of amides is 1. The van der Waals surface area contributed by atoms with Gasteiger partial charge >= 0.3 is 5.97 Å². The lowest BCUT2D eigenvalue weighted by atomic mass is 10.0. The number of carbonyl (C=O) groups is 2. The largest absolute Gasteiger partial charge is 0.497 e. The van der Waals surface area contributed by atoms with Gasteiger partial charge in [-0.25, -0.2) is 0 Å². The molecular weight excluding hydrogens is 296 g/mol. The molecule has 1 aromatic carbocycles. The van der Waals surface area contributed by atoms with Gasteiger partial charge < -0.3 is 19.6 Å². The molecule has 6 heteroatoms. The maximum absolute atomic E-state index is 12.6. The molecule has 0 aromatic heterocycles. The number of methoxy groups -OCH3 is 1. The Bertz CT molecular complexity index is 544. The van der Waals surface area contributed by atoms with Crippen LogP contribution >= 0.6 is 0 Å². The molecule has 1 saturated heterocycles. The van der Waals surface area contributed by atoms with Crippen molar-refractivity contribution in [3.8, 4) is 5.75 Å². The first kappa shape index (κ1) is 17.1. The third kappa shape index (κ3) is 4.61. The summed E-state index contributed by atoms with van der Waals surface area (Å²) in [7, 11) is 1.57. The van der Waals surface area contributed by atoms with Gasteiger partial charge in [-0.1, -0.05) is 0 Å². The number of anilines is 1. The average molecular weight is 320 g/mol. The fourth-order valence-corrected chi connectivity index (χ4v) is 2.92. The van der Waals surface area contributed by atoms with E-state index in [1.54, 1.807) is 36.3 Å². The Hall–Kier alpha value is -2.24. The minimum Gasteiger partial charge on any atom is -0.497 e. The van der Waals surface area contributed by atoms with E-state index in [-0.39, 0.29) is 25.0 Å². The minimum absolute atomic E-state index is 0.0192. The molecule has 2 rings (SSSR count). The second-order valence-electron chi connectivity index (χ2n) is 5.88. The summed E-state index contributed by atoms with van der Waals surface area (Å²) >= 11 is 0. The van der Waals surface area contributed by atoms with E-state index in [0.29, 0.717) is 11.4 Å². The van der Waals surface area contributed by atoms with Crippen LogP contribution in [-0.4, -0.2) is 54.7 Å². The highest BCUT2D eigenvalue weighted by atomic mass is 16.5. The van der Waals surface area contributed by atoms with Crippen LogP contribution in [0.2, 0.25) is 0 Å². The maximum atomic E-state index is 12.6. The van der Waals surface area contributed by atoms with Gasteiger partial charge in [0.1, 0.15) is 12.3 Å². The van der Waals surface area contributed by atoms with Crippen molar-refractivity contribution in [3.63, 3.8) is 0 Å². The van der Waals surface area contributed by atoms with Crippen LogP contribution < -0.4 is 9.64 Å². The van der Waals surface area contributed by atoms with Crippen molar-refractivity contribution >= 4 is 17.6 Å². The molecule has 0 saturated carbocycles. The van der Waals surface area contributed by atoms with Crippen LogP contribution in [0.5, 0.6) is 5.75 Å². The van der Waals surface area contributed by atoms with Gasteiger partial charge in [-0.15, -0.1) is 0 Å². The molecule has 0 unspecified atom stereocenters. The summed E-state index contributed by atoms with van der Waals surface area (Å²) < 4.78 is 5.11. The molecular formula is C17H24N2O4. The second kappa shape index (κ2) is 7.85. The molecule has 1 aliphatic rings. The highest BCUT2D eigenvalue weighted by Gasteiger charge is 2.25. The number of likely N-dealkylation sites (tertiary alicyclic amines) is 1. The maximum Gasteiger partial charge on any atom is 0.323 e. The molecule has 1 atom stereocenters. The summed E-state index contributed by atoms with van der Waals surface area (Å²) in [6.45, 7) is 2.67. The van der Waals surface area contributed by atoms with E-state index in [4.69, 9.17) is 9.84 Å². The van der Waals surface area contributed by atoms with Crippen molar-refractivity contribution < 1.29 is 19.4 Å². The Morgan fingerprint density at radius 2 is 1.96 bits per heavy atom. The van der Waals surface area contributed by atoms with Crippen molar-refractivity contribution in [1.82, 2.24) is 4.90 Å². The standard InChI is InChI=1S/C17H24N2O4/c1-13-5-3-4-10-19(13)16(20)11-18(12-17(21)22)14-6-8-15(23-2)9-7-14/h6-9,13H,3-5,10-12H2,1-2H3,(H,21,22)/t13-/m0/s1. The zero-order valence-electron chi connectivity index (χ0n) is 13.7. The fraction of sp³-hybridized carbons (Fsp3) is 0.529. The predicted octanol–water partition coefficient (Wildman–Crippen LogP) is 1.99. The first-order valence-corrected chi connectivity index (χ1v) is 7.91. The third-order valence-corrected chi connectivity index (χ3v) is 4.21. The van der Waals surface area contributed by atoms with Crippen molar-refractivity contribution in [3.05, 3.63) is 24.3 Å². The number of rotatable bonds is 6. The number of aliphatic carboxylic acids is 1. The molecule has 1 amide bonds. The first-order valence-electron chi connectivity index (χ1n) is 7.91. The number of ether oxygens (including phenoxy) is 1. The quantitative estimate of drug-likeness (QED) is 0.868. The third-order valence-electron chi connectivity index (χ3n) is 4.21. The van der Waals surface area contributed by atoms with Gasteiger partial charge in [0.2, 0.25) is 5.91 Å². The zero-order chi connectivity index (χ0) is 16.8. The number of nitrogens with zero attached hydrogens (tertiary/aromatic N) is 2. The SMILES string of the molecule is COc1ccc(N(CC(=O)O)CC(=O)N2CCCC[C@@H]2C)cc1. The number of carbonyl (C=O) groups excluding carboxylic acids is 1. The Kier molecular flexibility index (Phi) is 5.84. The van der Waals surface area contributed by atoms with Gasteiger partial charge in [-0.3, -0.25) is 9.59 Å². The molecule has 1 N–H and O–H groups in total. The lowest BCUT2D eigenvalue weighted by Gasteiger charge is -2.35. The molecule has 1 fully saturated rings. The monoisotopic (exact) mass is 320 g/mol. The Labute approximate surface area is 136 Å². The summed E-state index contributed by atoms with van der Waals surface area (Å²) in [5, 5.41) is 9.13. The fourth-order valence-electron chi connectivity index (χ4n) is 2.92. The van der Waals surface area contributed by atoms with E-state index in [1.807, 2.05) is 11.8 Å². The van der Waals surface area contributed by atoms with Crippen LogP contribution in [0.25, 0.3) is 0 Å². The van der Waals surface area contributed by atoms with Gasteiger partial charge in [0.25, 0.3) is 0 Å². The summed E-state index contributed by atoms with van der Waals surface area (Å²) in [6.07, 6.45) is 3.16. The number of benzene rings is 1. The summed E-state index contributed by atoms with van der Waals surface area (Å²) in [4.78, 5) is 27.2. The van der Waals surface area contributed by atoms with Crippen LogP contribution in [0, 0.1) is 0 Å². The summed E-state index contributed by atoms with van der Waals surface area (Å²) in [5.74, 6) is -0.283. The highest BCUT2D eigenvalue weighted by molar-refractivity contribution is 5.84. The summed E-state index contributed by atoms with van der Waals surface area (Å²) in [6, 6.07) is 7.29. The van der Waals surface area contributed by atoms with E-state index in [1.165, 1.54) is 0 Å². The van der Waals surface area contributed by atoms with Crippen molar-refractivity contribution in [2.75, 3.05) is 31.6 Å². The van der Waals surface area contributed by atoms with Crippen LogP contribution in [0.4, 0.5) is 5.69 Å². The molecule has 23 heavy (non-hydrogen) atoms. The van der Waals surface area contributed by atoms with Crippen LogP contribution in [0.15, 0.2) is 24.3 Å². The van der Waals surface area contributed by atoms with E-state index >= 15 is 0 Å². The van der Waals surface area contributed by atoms with Crippen molar-refractivity contribution in [1.29, 1.82) is 0 Å². The lowest BCUT2D eigenvalue weighted by molar-refractivity contribution is -0.135. The number of carboxylic acids is 1. The number of hydrogen-bond acceptors (Lipinski definition) is 4. The lowest BCUT2D eigenvalue weighted by Crippen LogP contribution is -2.47. The molecule has 0 spiro atoms. The topological polar surface area (TPSA) is 70.1 Å². The predicted molar refractivity (Wildman–Crippen MR) is 87.9 cm³/mol. The van der Waals surface area contributed by atoms with Gasteiger partial charge in [-0.2, -0.15) is 0 Å². The molecule has 0 bridgehead atoms. The Morgan fingerprint density at radius 3 is 2.52 bits per heavy atom. The van der Waals surface area contributed by atoms with Gasteiger partial charge in [0, 0.05) is 18.3 Å². The van der Waals surface area contributed by atoms with Crippen LogP contribution in [0.3, 0.4) is 0 Å². The van der Waals surface area contributed by atoms with E-state index < -0.39 is 5.97 Å². The molecule has 1 aliphatic heterocycles. The highest BCUT2D eigenvalue weighted by Crippen LogP contribution is 2.21. The number of piperidine rings is 1. The summed E-state index contributed by atoms with van der Waals surface area (Å²) in [5.41, 5.74) is 0.700. The Balaban J connectivity index is 2.10. The van der Waals surface area contributed by atoms with E-state index in [9.17, 15) is 9.59 Å². The molecule has 1 heterocycles.